The van der Waals surface area contributed by atoms with E-state index in [4.69, 9.17) is 0 Å². The first-order valence-corrected chi connectivity index (χ1v) is 4.38. The minimum Gasteiger partial charge on any atom is -0.370 e. The van der Waals surface area contributed by atoms with E-state index in [1.807, 2.05) is 18.2 Å². The summed E-state index contributed by atoms with van der Waals surface area (Å²) in [7, 11) is 0. The van der Waals surface area contributed by atoms with Crippen molar-refractivity contribution in [2.45, 2.75) is 20.0 Å². The van der Waals surface area contributed by atoms with Crippen molar-refractivity contribution in [3.05, 3.63) is 30.3 Å². The van der Waals surface area contributed by atoms with Gasteiger partial charge in [-0.15, -0.1) is 0 Å². The van der Waals surface area contributed by atoms with Gasteiger partial charge in [-0.1, -0.05) is 25.1 Å². The quantitative estimate of drug-likeness (QED) is 0.665. The summed E-state index contributed by atoms with van der Waals surface area (Å²) >= 11 is 0. The zero-order valence-electron chi connectivity index (χ0n) is 7.67. The maximum atomic E-state index is 3.33. The summed E-state index contributed by atoms with van der Waals surface area (Å²) in [6.07, 6.45) is 0.331. The van der Waals surface area contributed by atoms with Crippen molar-refractivity contribution in [3.8, 4) is 0 Å². The number of benzene rings is 1. The lowest BCUT2D eigenvalue weighted by Gasteiger charge is -2.15. The number of hydrogen-bond acceptors (Lipinski definition) is 2. The molecule has 2 nitrogen and oxygen atoms in total. The molecule has 0 heterocycles. The molecule has 1 unspecified atom stereocenters. The second-order valence-electron chi connectivity index (χ2n) is 2.79. The molecular formula is C10H16N2. The third kappa shape index (κ3) is 2.93. The van der Waals surface area contributed by atoms with Crippen LogP contribution in [0.15, 0.2) is 30.3 Å². The highest BCUT2D eigenvalue weighted by atomic mass is 15.1. The third-order valence-electron chi connectivity index (χ3n) is 1.67. The van der Waals surface area contributed by atoms with Crippen molar-refractivity contribution in [2.75, 3.05) is 11.9 Å². The van der Waals surface area contributed by atoms with E-state index in [9.17, 15) is 0 Å². The maximum absolute atomic E-state index is 3.33. The van der Waals surface area contributed by atoms with Crippen molar-refractivity contribution in [2.24, 2.45) is 0 Å². The fourth-order valence-electron chi connectivity index (χ4n) is 1.14. The van der Waals surface area contributed by atoms with E-state index in [1.54, 1.807) is 0 Å². The molecule has 0 saturated heterocycles. The fourth-order valence-corrected chi connectivity index (χ4v) is 1.14. The fraction of sp³-hybridized carbons (Fsp3) is 0.400. The highest BCUT2D eigenvalue weighted by Crippen LogP contribution is 2.05. The van der Waals surface area contributed by atoms with E-state index in [0.717, 1.165) is 12.2 Å². The lowest BCUT2D eigenvalue weighted by molar-refractivity contribution is 0.625. The normalized spacial score (nSPS) is 12.5. The molecule has 0 radical (unpaired) electrons. The van der Waals surface area contributed by atoms with Gasteiger partial charge in [0.15, 0.2) is 0 Å². The predicted molar refractivity (Wildman–Crippen MR) is 53.2 cm³/mol. The lowest BCUT2D eigenvalue weighted by atomic mass is 10.3. The monoisotopic (exact) mass is 164 g/mol. The maximum Gasteiger partial charge on any atom is 0.0739 e. The van der Waals surface area contributed by atoms with Crippen LogP contribution in [0.4, 0.5) is 5.69 Å². The largest absolute Gasteiger partial charge is 0.370 e. The predicted octanol–water partition coefficient (Wildman–Crippen LogP) is 2.05. The van der Waals surface area contributed by atoms with E-state index >= 15 is 0 Å². The van der Waals surface area contributed by atoms with Crippen LogP contribution in [0, 0.1) is 0 Å². The summed E-state index contributed by atoms with van der Waals surface area (Å²) in [4.78, 5) is 0. The SMILES string of the molecule is CCNC(C)Nc1ccccc1. The smallest absolute Gasteiger partial charge is 0.0739 e. The van der Waals surface area contributed by atoms with Crippen molar-refractivity contribution in [3.63, 3.8) is 0 Å². The molecule has 1 aromatic carbocycles. The van der Waals surface area contributed by atoms with Crippen LogP contribution in [0.2, 0.25) is 0 Å². The molecule has 1 rings (SSSR count). The molecule has 12 heavy (non-hydrogen) atoms. The van der Waals surface area contributed by atoms with Crippen LogP contribution in [0.25, 0.3) is 0 Å². The molecule has 0 fully saturated rings. The van der Waals surface area contributed by atoms with Crippen LogP contribution >= 0.6 is 0 Å². The topological polar surface area (TPSA) is 24.1 Å². The summed E-state index contributed by atoms with van der Waals surface area (Å²) in [6, 6.07) is 10.2. The summed E-state index contributed by atoms with van der Waals surface area (Å²) in [5, 5.41) is 6.61. The Morgan fingerprint density at radius 3 is 2.50 bits per heavy atom. The molecule has 66 valence electrons. The van der Waals surface area contributed by atoms with Crippen LogP contribution in [-0.4, -0.2) is 12.7 Å². The molecule has 0 amide bonds. The number of hydrogen-bond donors (Lipinski definition) is 2. The van der Waals surface area contributed by atoms with Gasteiger partial charge >= 0.3 is 0 Å². The van der Waals surface area contributed by atoms with Crippen molar-refractivity contribution >= 4 is 5.69 Å². The molecule has 2 heteroatoms. The van der Waals surface area contributed by atoms with Gasteiger partial charge < -0.3 is 5.32 Å². The molecule has 0 aliphatic heterocycles. The molecular weight excluding hydrogens is 148 g/mol. The van der Waals surface area contributed by atoms with Gasteiger partial charge in [-0.2, -0.15) is 0 Å². The Labute approximate surface area is 74.0 Å². The second kappa shape index (κ2) is 4.78. The Hall–Kier alpha value is -1.02. The Morgan fingerprint density at radius 1 is 1.25 bits per heavy atom. The molecule has 0 saturated carbocycles. The highest BCUT2D eigenvalue weighted by Gasteiger charge is 1.96. The van der Waals surface area contributed by atoms with Gasteiger partial charge in [-0.05, 0) is 25.6 Å². The van der Waals surface area contributed by atoms with Crippen LogP contribution < -0.4 is 10.6 Å². The molecule has 0 aliphatic rings. The van der Waals surface area contributed by atoms with Crippen molar-refractivity contribution in [1.82, 2.24) is 5.32 Å². The summed E-state index contributed by atoms with van der Waals surface area (Å²) in [6.45, 7) is 5.20. The molecule has 0 aliphatic carbocycles. The van der Waals surface area contributed by atoms with Gasteiger partial charge in [-0.25, -0.2) is 0 Å². The first-order chi connectivity index (χ1) is 5.83. The summed E-state index contributed by atoms with van der Waals surface area (Å²) in [5.74, 6) is 0. The zero-order valence-corrected chi connectivity index (χ0v) is 7.67. The van der Waals surface area contributed by atoms with Crippen molar-refractivity contribution in [1.29, 1.82) is 0 Å². The van der Waals surface area contributed by atoms with E-state index in [0.29, 0.717) is 6.17 Å². The van der Waals surface area contributed by atoms with E-state index < -0.39 is 0 Å². The summed E-state index contributed by atoms with van der Waals surface area (Å²) in [5.41, 5.74) is 1.16. The molecule has 2 N–H and O–H groups in total. The zero-order chi connectivity index (χ0) is 8.81. The van der Waals surface area contributed by atoms with Gasteiger partial charge in [-0.3, -0.25) is 5.32 Å². The first-order valence-electron chi connectivity index (χ1n) is 4.38. The molecule has 0 spiro atoms. The molecule has 1 aromatic rings. The van der Waals surface area contributed by atoms with Gasteiger partial charge in [0.25, 0.3) is 0 Å². The van der Waals surface area contributed by atoms with Gasteiger partial charge in [0.05, 0.1) is 6.17 Å². The van der Waals surface area contributed by atoms with Crippen LogP contribution in [0.5, 0.6) is 0 Å². The third-order valence-corrected chi connectivity index (χ3v) is 1.67. The molecule has 0 bridgehead atoms. The first kappa shape index (κ1) is 9.07. The van der Waals surface area contributed by atoms with Crippen LogP contribution in [0.1, 0.15) is 13.8 Å². The van der Waals surface area contributed by atoms with Gasteiger partial charge in [0.1, 0.15) is 0 Å². The number of nitrogens with one attached hydrogen (secondary N) is 2. The Bertz CT molecular complexity index is 208. The number of anilines is 1. The van der Waals surface area contributed by atoms with Gasteiger partial charge in [0, 0.05) is 5.69 Å². The Morgan fingerprint density at radius 2 is 1.92 bits per heavy atom. The second-order valence-corrected chi connectivity index (χ2v) is 2.79. The minimum atomic E-state index is 0.331. The average molecular weight is 164 g/mol. The van der Waals surface area contributed by atoms with Crippen molar-refractivity contribution < 1.29 is 0 Å². The molecule has 0 aromatic heterocycles. The van der Waals surface area contributed by atoms with E-state index in [2.05, 4.69) is 36.6 Å². The number of rotatable bonds is 4. The standard InChI is InChI=1S/C10H16N2/c1-3-11-9(2)12-10-7-5-4-6-8-10/h4-9,11-12H,3H2,1-2H3. The Balaban J connectivity index is 2.41. The van der Waals surface area contributed by atoms with E-state index in [1.165, 1.54) is 0 Å². The highest BCUT2D eigenvalue weighted by molar-refractivity contribution is 5.42. The minimum absolute atomic E-state index is 0.331. The lowest BCUT2D eigenvalue weighted by Crippen LogP contribution is -2.32. The van der Waals surface area contributed by atoms with E-state index in [-0.39, 0.29) is 0 Å². The van der Waals surface area contributed by atoms with Crippen LogP contribution in [0.3, 0.4) is 0 Å². The van der Waals surface area contributed by atoms with Gasteiger partial charge in [0.2, 0.25) is 0 Å². The number of para-hydroxylation sites is 1. The summed E-state index contributed by atoms with van der Waals surface area (Å²) < 4.78 is 0. The Kier molecular flexibility index (Phi) is 3.61. The molecule has 1 atom stereocenters. The average Bonchev–Trinajstić information content (AvgIpc) is 2.06. The van der Waals surface area contributed by atoms with Crippen LogP contribution in [-0.2, 0) is 0 Å².